The van der Waals surface area contributed by atoms with Gasteiger partial charge < -0.3 is 26.2 Å². The largest absolute Gasteiger partial charge is 0.368 e. The van der Waals surface area contributed by atoms with Crippen LogP contribution in [0.25, 0.3) is 0 Å². The summed E-state index contributed by atoms with van der Waals surface area (Å²) in [4.78, 5) is 54.1. The molecule has 0 aromatic rings. The number of nitrogens with zero attached hydrogens (tertiary/aromatic N) is 2. The summed E-state index contributed by atoms with van der Waals surface area (Å²) < 4.78 is 0. The van der Waals surface area contributed by atoms with Crippen LogP contribution in [0.4, 0.5) is 0 Å². The van der Waals surface area contributed by atoms with Gasteiger partial charge in [-0.2, -0.15) is 0 Å². The Morgan fingerprint density at radius 1 is 1.06 bits per heavy atom. The lowest BCUT2D eigenvalue weighted by Crippen LogP contribution is -2.59. The molecule has 3 aliphatic rings. The fourth-order valence-electron chi connectivity index (χ4n) is 5.02. The third-order valence-corrected chi connectivity index (χ3v) is 6.37. The zero-order valence-electron chi connectivity index (χ0n) is 20.9. The third kappa shape index (κ3) is 6.25. The zero-order chi connectivity index (χ0) is 25.2. The molecule has 3 rings (SSSR count). The Morgan fingerprint density at radius 2 is 1.68 bits per heavy atom. The first-order valence-electron chi connectivity index (χ1n) is 12.1. The average molecular weight is 478 g/mol. The Kier molecular flexibility index (Phi) is 7.84. The minimum Gasteiger partial charge on any atom is -0.368 e. The molecular formula is C23H39N7O4. The molecule has 11 nitrogen and oxygen atoms in total. The highest BCUT2D eigenvalue weighted by molar-refractivity contribution is 5.94. The summed E-state index contributed by atoms with van der Waals surface area (Å²) in [6.07, 6.45) is 2.17. The van der Waals surface area contributed by atoms with E-state index in [1.807, 2.05) is 25.7 Å². The first-order valence-corrected chi connectivity index (χ1v) is 12.1. The van der Waals surface area contributed by atoms with Gasteiger partial charge in [-0.15, -0.1) is 0 Å². The number of carbonyl (C=O) groups excluding carboxylic acids is 4. The molecule has 34 heavy (non-hydrogen) atoms. The molecule has 11 heteroatoms. The predicted molar refractivity (Wildman–Crippen MR) is 127 cm³/mol. The van der Waals surface area contributed by atoms with Gasteiger partial charge in [0.25, 0.3) is 0 Å². The molecule has 3 aliphatic heterocycles. The standard InChI is InChI=1S/C23H39N7O4/c1-13(2)9-15-19-20(21(24)28-23(3,4)5)29-8-6-7-14(29)22(34)27-11-17(32)25-10-16(31)26-12-18(33)30(15)19/h13-15,19-20H,6-12H2,1-5H3,(H2,24,28)(H,25,32)(H,26,31)(H,27,34)/t14-,15+,19?,20+,30?/m1/s1. The predicted octanol–water partition coefficient (Wildman–Crippen LogP) is -0.828. The third-order valence-electron chi connectivity index (χ3n) is 6.37. The van der Waals surface area contributed by atoms with E-state index in [0.29, 0.717) is 18.9 Å². The molecule has 0 bridgehead atoms. The fraction of sp³-hybridized carbons (Fsp3) is 0.783. The summed E-state index contributed by atoms with van der Waals surface area (Å²) >= 11 is 0. The van der Waals surface area contributed by atoms with Gasteiger partial charge in [-0.25, -0.2) is 0 Å². The van der Waals surface area contributed by atoms with Gasteiger partial charge in [0, 0.05) is 5.54 Å². The van der Waals surface area contributed by atoms with Gasteiger partial charge >= 0.3 is 0 Å². The maximum absolute atomic E-state index is 13.1. The topological polar surface area (TPSA) is 146 Å². The number of rotatable bonds is 3. The lowest BCUT2D eigenvalue weighted by Gasteiger charge is -2.35. The van der Waals surface area contributed by atoms with Crippen molar-refractivity contribution in [3.63, 3.8) is 0 Å². The number of hydrogen-bond donors (Lipinski definition) is 5. The fourth-order valence-corrected chi connectivity index (χ4v) is 5.02. The van der Waals surface area contributed by atoms with Crippen LogP contribution in [-0.4, -0.2) is 95.1 Å². The average Bonchev–Trinajstić information content (AvgIpc) is 3.17. The van der Waals surface area contributed by atoms with Crippen LogP contribution in [-0.2, 0) is 19.2 Å². The first-order chi connectivity index (χ1) is 15.9. The van der Waals surface area contributed by atoms with Crippen LogP contribution in [0.5, 0.6) is 0 Å². The molecule has 5 N–H and O–H groups in total. The molecule has 1 unspecified atom stereocenters. The Hall–Kier alpha value is -2.69. The molecule has 0 aromatic heterocycles. The summed E-state index contributed by atoms with van der Waals surface area (Å²) in [6, 6.07) is -1.33. The second kappa shape index (κ2) is 10.3. The highest BCUT2D eigenvalue weighted by Crippen LogP contribution is 2.40. The monoisotopic (exact) mass is 477 g/mol. The number of amides is 4. The molecular weight excluding hydrogens is 438 g/mol. The van der Waals surface area contributed by atoms with Crippen LogP contribution in [0.2, 0.25) is 0 Å². The molecule has 4 amide bonds. The van der Waals surface area contributed by atoms with E-state index in [9.17, 15) is 19.2 Å². The van der Waals surface area contributed by atoms with Crippen LogP contribution in [0, 0.1) is 11.3 Å². The van der Waals surface area contributed by atoms with Crippen molar-refractivity contribution >= 4 is 29.5 Å². The number of hydrogen-bond acceptors (Lipinski definition) is 6. The Balaban J connectivity index is 1.96. The van der Waals surface area contributed by atoms with E-state index in [1.165, 1.54) is 0 Å². The van der Waals surface area contributed by atoms with Gasteiger partial charge in [0.05, 0.1) is 43.8 Å². The van der Waals surface area contributed by atoms with Crippen LogP contribution in [0.1, 0.15) is 53.9 Å². The smallest absolute Gasteiger partial charge is 0.242 e. The molecule has 4 atom stereocenters. The van der Waals surface area contributed by atoms with Crippen LogP contribution in [0.3, 0.4) is 0 Å². The number of nitrogens with one attached hydrogen (secondary N) is 5. The summed E-state index contributed by atoms with van der Waals surface area (Å²) in [5.74, 6) is -0.841. The maximum atomic E-state index is 13.1. The molecule has 3 heterocycles. The van der Waals surface area contributed by atoms with Gasteiger partial charge in [-0.1, -0.05) is 13.8 Å². The van der Waals surface area contributed by atoms with Gasteiger partial charge in [0.1, 0.15) is 5.84 Å². The molecule has 0 spiro atoms. The van der Waals surface area contributed by atoms with Crippen molar-refractivity contribution in [2.24, 2.45) is 5.92 Å². The molecule has 0 radical (unpaired) electrons. The summed E-state index contributed by atoms with van der Waals surface area (Å²) in [5, 5.41) is 19.9. The van der Waals surface area contributed by atoms with E-state index >= 15 is 0 Å². The molecule has 3 saturated heterocycles. The first kappa shape index (κ1) is 25.9. The van der Waals surface area contributed by atoms with E-state index in [-0.39, 0.29) is 54.9 Å². The van der Waals surface area contributed by atoms with Crippen molar-refractivity contribution in [3.05, 3.63) is 0 Å². The van der Waals surface area contributed by atoms with Crippen molar-refractivity contribution in [3.8, 4) is 0 Å². The van der Waals surface area contributed by atoms with E-state index in [0.717, 1.165) is 12.8 Å². The Morgan fingerprint density at radius 3 is 2.29 bits per heavy atom. The van der Waals surface area contributed by atoms with Crippen LogP contribution >= 0.6 is 0 Å². The highest BCUT2D eigenvalue weighted by atomic mass is 16.2. The number of fused-ring (bicyclic) bond motifs is 2. The maximum Gasteiger partial charge on any atom is 0.242 e. The second-order valence-corrected chi connectivity index (χ2v) is 10.9. The Labute approximate surface area is 201 Å². The van der Waals surface area contributed by atoms with Gasteiger partial charge in [-0.05, 0) is 52.5 Å². The van der Waals surface area contributed by atoms with Crippen molar-refractivity contribution in [1.29, 1.82) is 5.41 Å². The van der Waals surface area contributed by atoms with Crippen molar-refractivity contribution in [1.82, 2.24) is 31.1 Å². The molecule has 190 valence electrons. The summed E-state index contributed by atoms with van der Waals surface area (Å²) in [6.45, 7) is 10.0. The van der Waals surface area contributed by atoms with E-state index in [1.54, 1.807) is 4.90 Å². The van der Waals surface area contributed by atoms with E-state index in [2.05, 4.69) is 35.1 Å². The zero-order valence-corrected chi connectivity index (χ0v) is 20.9. The minimum absolute atomic E-state index is 0.0755. The van der Waals surface area contributed by atoms with Gasteiger partial charge in [-0.3, -0.25) is 29.5 Å². The molecule has 0 aliphatic carbocycles. The van der Waals surface area contributed by atoms with Crippen LogP contribution < -0.4 is 21.3 Å². The molecule has 0 saturated carbocycles. The lowest BCUT2D eigenvalue weighted by molar-refractivity contribution is -0.130. The quantitative estimate of drug-likeness (QED) is 0.204. The molecule has 0 aromatic carbocycles. The van der Waals surface area contributed by atoms with Gasteiger partial charge in [0.2, 0.25) is 23.6 Å². The van der Waals surface area contributed by atoms with Crippen molar-refractivity contribution in [2.45, 2.75) is 83.6 Å². The minimum atomic E-state index is -0.498. The van der Waals surface area contributed by atoms with Crippen molar-refractivity contribution in [2.75, 3.05) is 26.2 Å². The van der Waals surface area contributed by atoms with Crippen LogP contribution in [0.15, 0.2) is 0 Å². The Bertz CT molecular complexity index is 838. The number of amidine groups is 1. The molecule has 3 fully saturated rings. The highest BCUT2D eigenvalue weighted by Gasteiger charge is 2.58. The lowest BCUT2D eigenvalue weighted by atomic mass is 9.99. The summed E-state index contributed by atoms with van der Waals surface area (Å²) in [5.41, 5.74) is -0.366. The summed E-state index contributed by atoms with van der Waals surface area (Å²) in [7, 11) is 0. The second-order valence-electron chi connectivity index (χ2n) is 10.9. The van der Waals surface area contributed by atoms with Gasteiger partial charge in [0.15, 0.2) is 0 Å². The SMILES string of the molecule is CC(C)C[C@H]1C2[C@@H](C(=N)NC(C)(C)C)N3CCC[C@@H]3C(=O)NCC(=O)NCC(=O)NCC(=O)N21. The number of carbonyl (C=O) groups is 4. The van der Waals surface area contributed by atoms with E-state index < -0.39 is 23.9 Å². The van der Waals surface area contributed by atoms with Crippen molar-refractivity contribution < 1.29 is 19.2 Å². The van der Waals surface area contributed by atoms with E-state index in [4.69, 9.17) is 5.41 Å². The normalized spacial score (nSPS) is 29.3.